The molecule has 0 unspecified atom stereocenters. The van der Waals surface area contributed by atoms with Gasteiger partial charge in [0, 0.05) is 18.8 Å². The Bertz CT molecular complexity index is 1230. The molecule has 2 N–H and O–H groups in total. The number of alkyl halides is 3. The number of nitrogens with zero attached hydrogens (tertiary/aromatic N) is 3. The second-order valence-corrected chi connectivity index (χ2v) is 6.55. The molecule has 0 aliphatic rings. The minimum absolute atomic E-state index is 0.0171. The van der Waals surface area contributed by atoms with Gasteiger partial charge in [0.15, 0.2) is 0 Å². The predicted molar refractivity (Wildman–Crippen MR) is 104 cm³/mol. The molecule has 7 nitrogen and oxygen atoms in total. The molecule has 0 saturated carbocycles. The molecular weight excluding hydrogens is 430 g/mol. The number of rotatable bonds is 5. The van der Waals surface area contributed by atoms with E-state index in [1.807, 2.05) is 0 Å². The third-order valence-corrected chi connectivity index (χ3v) is 4.47. The van der Waals surface area contributed by atoms with Crippen LogP contribution in [-0.4, -0.2) is 28.6 Å². The minimum atomic E-state index is -4.70. The van der Waals surface area contributed by atoms with Gasteiger partial charge in [0.1, 0.15) is 5.82 Å². The number of nitrogens with one attached hydrogen (secondary N) is 2. The maximum atomic E-state index is 14.0. The van der Waals surface area contributed by atoms with Crippen LogP contribution in [0.1, 0.15) is 37.5 Å². The summed E-state index contributed by atoms with van der Waals surface area (Å²) in [6.45, 7) is -0.0763. The van der Waals surface area contributed by atoms with Crippen LogP contribution >= 0.6 is 0 Å². The van der Waals surface area contributed by atoms with Crippen molar-refractivity contribution in [2.75, 3.05) is 7.05 Å². The van der Waals surface area contributed by atoms with E-state index in [1.165, 1.54) is 48.3 Å². The zero-order chi connectivity index (χ0) is 23.5. The fourth-order valence-electron chi connectivity index (χ4n) is 2.85. The van der Waals surface area contributed by atoms with Gasteiger partial charge in [-0.25, -0.2) is 9.07 Å². The van der Waals surface area contributed by atoms with Crippen molar-refractivity contribution in [3.63, 3.8) is 0 Å². The van der Waals surface area contributed by atoms with Crippen molar-refractivity contribution in [1.82, 2.24) is 20.4 Å². The van der Waals surface area contributed by atoms with Gasteiger partial charge < -0.3 is 10.6 Å². The van der Waals surface area contributed by atoms with Crippen molar-refractivity contribution in [1.29, 1.82) is 5.26 Å². The molecule has 164 valence electrons. The maximum absolute atomic E-state index is 14.0. The van der Waals surface area contributed by atoms with Crippen LogP contribution in [0.15, 0.2) is 48.7 Å². The van der Waals surface area contributed by atoms with Crippen molar-refractivity contribution < 1.29 is 27.2 Å². The molecule has 0 radical (unpaired) electrons. The van der Waals surface area contributed by atoms with Crippen molar-refractivity contribution in [3.8, 4) is 11.8 Å². The van der Waals surface area contributed by atoms with E-state index in [2.05, 4.69) is 15.7 Å². The van der Waals surface area contributed by atoms with E-state index >= 15 is 0 Å². The molecule has 0 atom stereocenters. The minimum Gasteiger partial charge on any atom is -0.355 e. The van der Waals surface area contributed by atoms with Gasteiger partial charge in [0.25, 0.3) is 11.8 Å². The van der Waals surface area contributed by atoms with Crippen molar-refractivity contribution >= 4 is 11.8 Å². The topological polar surface area (TPSA) is 99.8 Å². The number of hydrogen-bond acceptors (Lipinski definition) is 4. The highest BCUT2D eigenvalue weighted by molar-refractivity contribution is 5.97. The molecule has 0 aliphatic carbocycles. The lowest BCUT2D eigenvalue weighted by atomic mass is 10.1. The van der Waals surface area contributed by atoms with Crippen molar-refractivity contribution in [3.05, 3.63) is 82.4 Å². The normalized spacial score (nSPS) is 11.0. The Morgan fingerprint density at radius 2 is 1.88 bits per heavy atom. The van der Waals surface area contributed by atoms with Gasteiger partial charge in [0.05, 0.1) is 40.7 Å². The van der Waals surface area contributed by atoms with Gasteiger partial charge in [-0.15, -0.1) is 0 Å². The number of carbonyl (C=O) groups is 2. The van der Waals surface area contributed by atoms with Crippen LogP contribution in [0.5, 0.6) is 0 Å². The summed E-state index contributed by atoms with van der Waals surface area (Å²) in [6, 6.07) is 9.57. The molecule has 1 aromatic heterocycles. The molecule has 0 fully saturated rings. The van der Waals surface area contributed by atoms with Gasteiger partial charge in [0.2, 0.25) is 0 Å². The largest absolute Gasteiger partial charge is 0.417 e. The van der Waals surface area contributed by atoms with E-state index in [-0.39, 0.29) is 23.4 Å². The Hall–Kier alpha value is -4.20. The third kappa shape index (κ3) is 4.75. The van der Waals surface area contributed by atoms with Crippen molar-refractivity contribution in [2.45, 2.75) is 12.7 Å². The Kier molecular flexibility index (Phi) is 6.25. The first-order chi connectivity index (χ1) is 15.1. The molecular formula is C21H15F4N5O2. The number of nitriles is 1. The van der Waals surface area contributed by atoms with E-state index in [1.54, 1.807) is 0 Å². The summed E-state index contributed by atoms with van der Waals surface area (Å²) in [4.78, 5) is 23.8. The molecule has 3 rings (SSSR count). The average Bonchev–Trinajstić information content (AvgIpc) is 3.24. The first-order valence-electron chi connectivity index (χ1n) is 9.10. The number of carbonyl (C=O) groups excluding carboxylic acids is 2. The van der Waals surface area contributed by atoms with Crippen LogP contribution in [0.2, 0.25) is 0 Å². The molecule has 11 heteroatoms. The number of aromatic nitrogens is 2. The van der Waals surface area contributed by atoms with Gasteiger partial charge in [-0.2, -0.15) is 23.5 Å². The average molecular weight is 445 g/mol. The van der Waals surface area contributed by atoms with E-state index in [0.717, 1.165) is 18.2 Å². The van der Waals surface area contributed by atoms with Gasteiger partial charge in [-0.1, -0.05) is 0 Å². The summed E-state index contributed by atoms with van der Waals surface area (Å²) in [6.07, 6.45) is -3.30. The lowest BCUT2D eigenvalue weighted by Crippen LogP contribution is -2.24. The van der Waals surface area contributed by atoms with Crippen LogP contribution in [0, 0.1) is 17.1 Å². The quantitative estimate of drug-likeness (QED) is 0.589. The lowest BCUT2D eigenvalue weighted by molar-refractivity contribution is -0.137. The monoisotopic (exact) mass is 445 g/mol. The fraction of sp³-hybridized carbons (Fsp3) is 0.143. The molecule has 2 aromatic carbocycles. The SMILES string of the molecule is CNC(=O)c1ccc(C(=O)NCc2ccn(-c3ccc(C#N)c(C(F)(F)F)c3)n2)cc1F. The number of halogens is 4. The van der Waals surface area contributed by atoms with Crippen LogP contribution in [-0.2, 0) is 12.7 Å². The number of amides is 2. The lowest BCUT2D eigenvalue weighted by Gasteiger charge is -2.10. The maximum Gasteiger partial charge on any atom is 0.417 e. The fourth-order valence-corrected chi connectivity index (χ4v) is 2.85. The molecule has 3 aromatic rings. The van der Waals surface area contributed by atoms with E-state index in [9.17, 15) is 27.2 Å². The zero-order valence-corrected chi connectivity index (χ0v) is 16.5. The summed E-state index contributed by atoms with van der Waals surface area (Å²) in [7, 11) is 1.35. The highest BCUT2D eigenvalue weighted by atomic mass is 19.4. The third-order valence-electron chi connectivity index (χ3n) is 4.47. The van der Waals surface area contributed by atoms with Gasteiger partial charge >= 0.3 is 6.18 Å². The Balaban J connectivity index is 1.73. The second-order valence-electron chi connectivity index (χ2n) is 6.55. The smallest absolute Gasteiger partial charge is 0.355 e. The Morgan fingerprint density at radius 3 is 2.50 bits per heavy atom. The van der Waals surface area contributed by atoms with Gasteiger partial charge in [-0.3, -0.25) is 9.59 Å². The summed E-state index contributed by atoms with van der Waals surface area (Å²) in [5.74, 6) is -2.11. The van der Waals surface area contributed by atoms with Gasteiger partial charge in [-0.05, 0) is 42.5 Å². The molecule has 32 heavy (non-hydrogen) atoms. The summed E-state index contributed by atoms with van der Waals surface area (Å²) < 4.78 is 54.6. The molecule has 1 heterocycles. The first kappa shape index (κ1) is 22.5. The predicted octanol–water partition coefficient (Wildman–Crippen LogP) is 3.19. The molecule has 0 saturated heterocycles. The molecule has 0 bridgehead atoms. The second kappa shape index (κ2) is 8.89. The van der Waals surface area contributed by atoms with Crippen LogP contribution in [0.3, 0.4) is 0 Å². The highest BCUT2D eigenvalue weighted by Gasteiger charge is 2.34. The van der Waals surface area contributed by atoms with Crippen LogP contribution in [0.25, 0.3) is 5.69 Å². The number of hydrogen-bond donors (Lipinski definition) is 2. The van der Waals surface area contributed by atoms with Crippen LogP contribution in [0.4, 0.5) is 17.6 Å². The van der Waals surface area contributed by atoms with E-state index in [4.69, 9.17) is 5.26 Å². The molecule has 0 aliphatic heterocycles. The summed E-state index contributed by atoms with van der Waals surface area (Å²) in [5, 5.41) is 17.8. The van der Waals surface area contributed by atoms with E-state index < -0.39 is 34.9 Å². The Labute approximate surface area is 179 Å². The molecule has 0 spiro atoms. The van der Waals surface area contributed by atoms with Crippen molar-refractivity contribution in [2.24, 2.45) is 0 Å². The first-order valence-corrected chi connectivity index (χ1v) is 9.10. The standard InChI is InChI=1S/C21H15F4N5O2/c1-27-20(32)16-5-3-12(8-18(16)22)19(31)28-11-14-6-7-30(29-14)15-4-2-13(10-26)17(9-15)21(23,24)25/h2-9H,11H2,1H3,(H,27,32)(H,28,31). The summed E-state index contributed by atoms with van der Waals surface area (Å²) >= 11 is 0. The molecule has 2 amide bonds. The summed E-state index contributed by atoms with van der Waals surface area (Å²) in [5.41, 5.74) is -1.39. The van der Waals surface area contributed by atoms with E-state index in [0.29, 0.717) is 5.69 Å². The Morgan fingerprint density at radius 1 is 1.12 bits per heavy atom. The zero-order valence-electron chi connectivity index (χ0n) is 16.5. The number of benzene rings is 2. The van der Waals surface area contributed by atoms with Crippen LogP contribution < -0.4 is 10.6 Å². The highest BCUT2D eigenvalue weighted by Crippen LogP contribution is 2.33.